The highest BCUT2D eigenvalue weighted by Gasteiger charge is 2.53. The third-order valence-electron chi connectivity index (χ3n) is 7.31. The first-order valence-corrected chi connectivity index (χ1v) is 10.9. The summed E-state index contributed by atoms with van der Waals surface area (Å²) in [6, 6.07) is 9.08. The van der Waals surface area contributed by atoms with Crippen LogP contribution in [-0.2, 0) is 9.59 Å². The van der Waals surface area contributed by atoms with Crippen LogP contribution in [0.1, 0.15) is 52.4 Å². The normalized spacial score (nSPS) is 30.3. The van der Waals surface area contributed by atoms with Gasteiger partial charge in [-0.2, -0.15) is 5.26 Å². The standard InChI is InChI=1S/C24H30N4O2/c1-15(24-10-17-7-18(11-24)9-19(8-17)12-24)26-14-20(13-25)23(30)28-22-5-3-21(4-6-22)27-16(2)29/h3-6,14-15,17-19,26H,7-12H2,1-2H3,(H,27,29)(H,28,30)/b20-14-. The van der Waals surface area contributed by atoms with Crippen molar-refractivity contribution in [3.05, 3.63) is 36.0 Å². The molecule has 6 heteroatoms. The monoisotopic (exact) mass is 406 g/mol. The lowest BCUT2D eigenvalue weighted by atomic mass is 9.48. The van der Waals surface area contributed by atoms with E-state index in [1.54, 1.807) is 30.5 Å². The zero-order valence-corrected chi connectivity index (χ0v) is 17.7. The number of anilines is 2. The number of hydrogen-bond acceptors (Lipinski definition) is 4. The number of benzene rings is 1. The molecule has 4 bridgehead atoms. The van der Waals surface area contributed by atoms with Crippen molar-refractivity contribution in [2.45, 2.75) is 58.4 Å². The molecular formula is C24H30N4O2. The van der Waals surface area contributed by atoms with Crippen LogP contribution in [0.2, 0.25) is 0 Å². The highest BCUT2D eigenvalue weighted by molar-refractivity contribution is 6.06. The number of carbonyl (C=O) groups is 2. The molecule has 2 amide bonds. The van der Waals surface area contributed by atoms with Crippen molar-refractivity contribution in [3.8, 4) is 6.07 Å². The number of rotatable bonds is 6. The Morgan fingerprint density at radius 2 is 1.53 bits per heavy atom. The predicted molar refractivity (Wildman–Crippen MR) is 116 cm³/mol. The maximum absolute atomic E-state index is 12.6. The third-order valence-corrected chi connectivity index (χ3v) is 7.31. The van der Waals surface area contributed by atoms with Crippen molar-refractivity contribution in [3.63, 3.8) is 0 Å². The van der Waals surface area contributed by atoms with Gasteiger partial charge in [0.2, 0.25) is 5.91 Å². The Balaban J connectivity index is 1.38. The van der Waals surface area contributed by atoms with Gasteiger partial charge in [-0.3, -0.25) is 9.59 Å². The minimum Gasteiger partial charge on any atom is -0.387 e. The molecule has 0 heterocycles. The predicted octanol–water partition coefficient (Wildman–Crippen LogP) is 4.19. The van der Waals surface area contributed by atoms with Crippen LogP contribution in [-0.4, -0.2) is 17.9 Å². The van der Waals surface area contributed by atoms with Crippen LogP contribution < -0.4 is 16.0 Å². The van der Waals surface area contributed by atoms with Crippen LogP contribution in [0.15, 0.2) is 36.0 Å². The second-order valence-corrected chi connectivity index (χ2v) is 9.55. The Hall–Kier alpha value is -2.81. The number of amides is 2. The Labute approximate surface area is 178 Å². The molecule has 158 valence electrons. The van der Waals surface area contributed by atoms with Gasteiger partial charge in [0, 0.05) is 30.5 Å². The fourth-order valence-electron chi connectivity index (χ4n) is 6.28. The zero-order valence-electron chi connectivity index (χ0n) is 17.7. The van der Waals surface area contributed by atoms with E-state index < -0.39 is 5.91 Å². The minimum absolute atomic E-state index is 0.0671. The van der Waals surface area contributed by atoms with Gasteiger partial charge in [0.1, 0.15) is 11.6 Å². The summed E-state index contributed by atoms with van der Waals surface area (Å²) in [6.45, 7) is 3.65. The molecule has 0 spiro atoms. The molecule has 4 saturated carbocycles. The fraction of sp³-hybridized carbons (Fsp3) is 0.542. The molecule has 1 aromatic carbocycles. The van der Waals surface area contributed by atoms with E-state index in [0.717, 1.165) is 17.8 Å². The third kappa shape index (κ3) is 4.21. The maximum atomic E-state index is 12.6. The highest BCUT2D eigenvalue weighted by atomic mass is 16.2. The maximum Gasteiger partial charge on any atom is 0.267 e. The summed E-state index contributed by atoms with van der Waals surface area (Å²) >= 11 is 0. The average Bonchev–Trinajstić information content (AvgIpc) is 2.68. The van der Waals surface area contributed by atoms with E-state index in [1.807, 2.05) is 6.07 Å². The van der Waals surface area contributed by atoms with Crippen molar-refractivity contribution in [1.29, 1.82) is 5.26 Å². The summed E-state index contributed by atoms with van der Waals surface area (Å²) in [6.07, 6.45) is 9.60. The van der Waals surface area contributed by atoms with Crippen LogP contribution in [0.4, 0.5) is 11.4 Å². The first-order chi connectivity index (χ1) is 14.4. The topological polar surface area (TPSA) is 94.0 Å². The van der Waals surface area contributed by atoms with Gasteiger partial charge in [-0.15, -0.1) is 0 Å². The quantitative estimate of drug-likeness (QED) is 0.488. The number of hydrogen-bond donors (Lipinski definition) is 3. The number of nitrogens with zero attached hydrogens (tertiary/aromatic N) is 1. The van der Waals surface area contributed by atoms with Crippen LogP contribution in [0.25, 0.3) is 0 Å². The van der Waals surface area contributed by atoms with Crippen molar-refractivity contribution < 1.29 is 9.59 Å². The van der Waals surface area contributed by atoms with Crippen LogP contribution in [0.3, 0.4) is 0 Å². The number of carbonyl (C=O) groups excluding carboxylic acids is 2. The molecule has 0 saturated heterocycles. The summed E-state index contributed by atoms with van der Waals surface area (Å²) < 4.78 is 0. The van der Waals surface area contributed by atoms with Gasteiger partial charge in [-0.1, -0.05) is 0 Å². The molecule has 0 aliphatic heterocycles. The summed E-state index contributed by atoms with van der Waals surface area (Å²) in [5, 5.41) is 18.3. The molecule has 1 aromatic rings. The zero-order chi connectivity index (χ0) is 21.3. The average molecular weight is 407 g/mol. The molecule has 0 aromatic heterocycles. The summed E-state index contributed by atoms with van der Waals surface area (Å²) in [5.41, 5.74) is 1.60. The Bertz CT molecular complexity index is 861. The van der Waals surface area contributed by atoms with Crippen molar-refractivity contribution in [2.24, 2.45) is 23.2 Å². The van der Waals surface area contributed by atoms with E-state index in [-0.39, 0.29) is 17.5 Å². The second kappa shape index (κ2) is 8.14. The lowest BCUT2D eigenvalue weighted by Crippen LogP contribution is -2.54. The molecule has 4 aliphatic rings. The van der Waals surface area contributed by atoms with E-state index in [2.05, 4.69) is 22.9 Å². The van der Waals surface area contributed by atoms with Gasteiger partial charge < -0.3 is 16.0 Å². The fourth-order valence-corrected chi connectivity index (χ4v) is 6.28. The summed E-state index contributed by atoms with van der Waals surface area (Å²) in [4.78, 5) is 23.7. The molecule has 4 fully saturated rings. The van der Waals surface area contributed by atoms with Crippen LogP contribution in [0.5, 0.6) is 0 Å². The summed E-state index contributed by atoms with van der Waals surface area (Å²) in [7, 11) is 0. The van der Waals surface area contributed by atoms with E-state index in [1.165, 1.54) is 45.4 Å². The Morgan fingerprint density at radius 1 is 1.03 bits per heavy atom. The SMILES string of the molecule is CC(=O)Nc1ccc(NC(=O)/C(C#N)=C\NC(C)C23CC4CC(CC(C4)C2)C3)cc1. The van der Waals surface area contributed by atoms with Crippen LogP contribution >= 0.6 is 0 Å². The van der Waals surface area contributed by atoms with E-state index in [9.17, 15) is 14.9 Å². The number of nitriles is 1. The van der Waals surface area contributed by atoms with E-state index in [4.69, 9.17) is 0 Å². The molecule has 4 aliphatic carbocycles. The first kappa shape index (κ1) is 20.5. The lowest BCUT2D eigenvalue weighted by molar-refractivity contribution is -0.114. The van der Waals surface area contributed by atoms with Gasteiger partial charge in [-0.25, -0.2) is 0 Å². The van der Waals surface area contributed by atoms with Gasteiger partial charge in [0.25, 0.3) is 5.91 Å². The van der Waals surface area contributed by atoms with Gasteiger partial charge in [-0.05, 0) is 92.9 Å². The first-order valence-electron chi connectivity index (χ1n) is 10.9. The second-order valence-electron chi connectivity index (χ2n) is 9.55. The summed E-state index contributed by atoms with van der Waals surface area (Å²) in [5.74, 6) is 2.01. The van der Waals surface area contributed by atoms with E-state index in [0.29, 0.717) is 16.8 Å². The van der Waals surface area contributed by atoms with Gasteiger partial charge in [0.15, 0.2) is 0 Å². The lowest BCUT2D eigenvalue weighted by Gasteiger charge is -2.59. The van der Waals surface area contributed by atoms with Crippen molar-refractivity contribution in [1.82, 2.24) is 5.32 Å². The number of nitrogens with one attached hydrogen (secondary N) is 3. The molecule has 6 nitrogen and oxygen atoms in total. The van der Waals surface area contributed by atoms with E-state index >= 15 is 0 Å². The molecule has 1 unspecified atom stereocenters. The van der Waals surface area contributed by atoms with Crippen molar-refractivity contribution >= 4 is 23.2 Å². The Morgan fingerprint density at radius 3 is 2.00 bits per heavy atom. The largest absolute Gasteiger partial charge is 0.387 e. The van der Waals surface area contributed by atoms with Crippen molar-refractivity contribution in [2.75, 3.05) is 10.6 Å². The van der Waals surface area contributed by atoms with Gasteiger partial charge in [0.05, 0.1) is 0 Å². The Kier molecular flexibility index (Phi) is 5.55. The van der Waals surface area contributed by atoms with Gasteiger partial charge >= 0.3 is 0 Å². The molecular weight excluding hydrogens is 376 g/mol. The molecule has 3 N–H and O–H groups in total. The molecule has 5 rings (SSSR count). The molecule has 0 radical (unpaired) electrons. The minimum atomic E-state index is -0.435. The highest BCUT2D eigenvalue weighted by Crippen LogP contribution is 2.61. The molecule has 1 atom stereocenters. The smallest absolute Gasteiger partial charge is 0.267 e. The van der Waals surface area contributed by atoms with Crippen LogP contribution in [0, 0.1) is 34.5 Å². The molecule has 30 heavy (non-hydrogen) atoms.